The number of fused-ring (bicyclic) bond motifs is 1. The molecule has 0 bridgehead atoms. The van der Waals surface area contributed by atoms with Gasteiger partial charge in [-0.3, -0.25) is 0 Å². The summed E-state index contributed by atoms with van der Waals surface area (Å²) in [6.07, 6.45) is 0.731. The van der Waals surface area contributed by atoms with Crippen LogP contribution < -0.4 is 5.32 Å². The Morgan fingerprint density at radius 3 is 2.69 bits per heavy atom. The largest absolute Gasteiger partial charge is 0.456 e. The molecule has 0 radical (unpaired) electrons. The van der Waals surface area contributed by atoms with E-state index in [1.54, 1.807) is 13.1 Å². The predicted octanol–water partition coefficient (Wildman–Crippen LogP) is 2.99. The zero-order chi connectivity index (χ0) is 11.7. The number of hydrogen-bond acceptors (Lipinski definition) is 2. The van der Waals surface area contributed by atoms with Gasteiger partial charge in [0.15, 0.2) is 11.4 Å². The molecule has 0 fully saturated rings. The van der Waals surface area contributed by atoms with Crippen LogP contribution in [0, 0.1) is 11.6 Å². The van der Waals surface area contributed by atoms with Gasteiger partial charge >= 0.3 is 0 Å². The van der Waals surface area contributed by atoms with E-state index in [9.17, 15) is 8.78 Å². The Morgan fingerprint density at radius 1 is 1.31 bits per heavy atom. The Morgan fingerprint density at radius 2 is 2.06 bits per heavy atom. The molecular weight excluding hydrogens is 212 g/mol. The summed E-state index contributed by atoms with van der Waals surface area (Å²) in [6, 6.07) is 2.70. The standard InChI is InChI=1S/C12H13F2NO/c1-3-7-8-4-5-9(13)11(14)12(8)16-10(7)6-15-2/h4-5,15H,3,6H2,1-2H3. The molecule has 2 aromatic rings. The zero-order valence-corrected chi connectivity index (χ0v) is 9.23. The van der Waals surface area contributed by atoms with E-state index in [4.69, 9.17) is 4.42 Å². The van der Waals surface area contributed by atoms with E-state index in [0.717, 1.165) is 18.1 Å². The molecule has 1 aromatic carbocycles. The van der Waals surface area contributed by atoms with Crippen molar-refractivity contribution in [3.63, 3.8) is 0 Å². The third kappa shape index (κ3) is 1.59. The number of rotatable bonds is 3. The van der Waals surface area contributed by atoms with E-state index in [1.807, 2.05) is 6.92 Å². The smallest absolute Gasteiger partial charge is 0.201 e. The summed E-state index contributed by atoms with van der Waals surface area (Å²) in [5, 5.41) is 3.60. The monoisotopic (exact) mass is 225 g/mol. The minimum atomic E-state index is -0.908. The number of halogens is 2. The van der Waals surface area contributed by atoms with Crippen molar-refractivity contribution < 1.29 is 13.2 Å². The number of aryl methyl sites for hydroxylation is 1. The highest BCUT2D eigenvalue weighted by Crippen LogP contribution is 2.29. The van der Waals surface area contributed by atoms with E-state index in [0.29, 0.717) is 17.7 Å². The summed E-state index contributed by atoms with van der Waals surface area (Å²) < 4.78 is 31.9. The lowest BCUT2D eigenvalue weighted by Gasteiger charge is -1.97. The highest BCUT2D eigenvalue weighted by molar-refractivity contribution is 5.82. The maximum absolute atomic E-state index is 13.5. The average molecular weight is 225 g/mol. The van der Waals surface area contributed by atoms with Crippen molar-refractivity contribution in [2.45, 2.75) is 19.9 Å². The molecular formula is C12H13F2NO. The van der Waals surface area contributed by atoms with Crippen molar-refractivity contribution in [3.8, 4) is 0 Å². The summed E-state index contributed by atoms with van der Waals surface area (Å²) in [5.74, 6) is -1.11. The first-order chi connectivity index (χ1) is 7.69. The van der Waals surface area contributed by atoms with Gasteiger partial charge in [-0.1, -0.05) is 6.92 Å². The van der Waals surface area contributed by atoms with Gasteiger partial charge in [0.1, 0.15) is 5.76 Å². The Balaban J connectivity index is 2.71. The maximum Gasteiger partial charge on any atom is 0.201 e. The van der Waals surface area contributed by atoms with Gasteiger partial charge in [-0.2, -0.15) is 4.39 Å². The van der Waals surface area contributed by atoms with E-state index >= 15 is 0 Å². The van der Waals surface area contributed by atoms with Crippen LogP contribution in [0.1, 0.15) is 18.2 Å². The molecule has 0 saturated carbocycles. The molecule has 0 aliphatic rings. The molecule has 2 rings (SSSR count). The first-order valence-electron chi connectivity index (χ1n) is 5.21. The van der Waals surface area contributed by atoms with Gasteiger partial charge in [0.05, 0.1) is 6.54 Å². The van der Waals surface area contributed by atoms with E-state index in [-0.39, 0.29) is 5.58 Å². The van der Waals surface area contributed by atoms with Crippen molar-refractivity contribution >= 4 is 11.0 Å². The Hall–Kier alpha value is -1.42. The van der Waals surface area contributed by atoms with Crippen LogP contribution in [0.2, 0.25) is 0 Å². The van der Waals surface area contributed by atoms with Crippen molar-refractivity contribution in [1.82, 2.24) is 5.32 Å². The van der Waals surface area contributed by atoms with Gasteiger partial charge in [-0.05, 0) is 25.6 Å². The highest BCUT2D eigenvalue weighted by atomic mass is 19.2. The lowest BCUT2D eigenvalue weighted by molar-refractivity contribution is 0.472. The van der Waals surface area contributed by atoms with Crippen LogP contribution in [0.5, 0.6) is 0 Å². The normalized spacial score (nSPS) is 11.2. The van der Waals surface area contributed by atoms with Crippen molar-refractivity contribution in [2.75, 3.05) is 7.05 Å². The molecule has 0 aliphatic carbocycles. The van der Waals surface area contributed by atoms with E-state index in [2.05, 4.69) is 5.32 Å². The molecule has 0 unspecified atom stereocenters. The first kappa shape index (κ1) is 11.1. The maximum atomic E-state index is 13.5. The molecule has 0 spiro atoms. The third-order valence-corrected chi connectivity index (χ3v) is 2.63. The fourth-order valence-electron chi connectivity index (χ4n) is 1.90. The van der Waals surface area contributed by atoms with Crippen molar-refractivity contribution in [1.29, 1.82) is 0 Å². The van der Waals surface area contributed by atoms with Crippen LogP contribution in [-0.4, -0.2) is 7.05 Å². The summed E-state index contributed by atoms with van der Waals surface area (Å²) in [5.41, 5.74) is 0.949. The van der Waals surface area contributed by atoms with Gasteiger partial charge in [0, 0.05) is 10.9 Å². The molecule has 1 aromatic heterocycles. The average Bonchev–Trinajstić information content (AvgIpc) is 2.62. The van der Waals surface area contributed by atoms with Crippen molar-refractivity contribution in [2.24, 2.45) is 0 Å². The number of nitrogens with one attached hydrogen (secondary N) is 1. The lowest BCUT2D eigenvalue weighted by atomic mass is 10.1. The lowest BCUT2D eigenvalue weighted by Crippen LogP contribution is -2.05. The van der Waals surface area contributed by atoms with E-state index < -0.39 is 11.6 Å². The molecule has 0 atom stereocenters. The minimum Gasteiger partial charge on any atom is -0.456 e. The first-order valence-corrected chi connectivity index (χ1v) is 5.21. The second-order valence-electron chi connectivity index (χ2n) is 3.63. The number of hydrogen-bond donors (Lipinski definition) is 1. The van der Waals surface area contributed by atoms with Crippen LogP contribution >= 0.6 is 0 Å². The highest BCUT2D eigenvalue weighted by Gasteiger charge is 2.17. The summed E-state index contributed by atoms with van der Waals surface area (Å²) in [6.45, 7) is 2.48. The quantitative estimate of drug-likeness (QED) is 0.868. The zero-order valence-electron chi connectivity index (χ0n) is 9.23. The van der Waals surface area contributed by atoms with Crippen LogP contribution in [0.3, 0.4) is 0 Å². The molecule has 1 N–H and O–H groups in total. The molecule has 16 heavy (non-hydrogen) atoms. The van der Waals surface area contributed by atoms with Crippen molar-refractivity contribution in [3.05, 3.63) is 35.1 Å². The SMILES string of the molecule is CCc1c(CNC)oc2c(F)c(F)ccc12. The van der Waals surface area contributed by atoms with Crippen LogP contribution in [0.4, 0.5) is 8.78 Å². The Labute approximate surface area is 92.2 Å². The van der Waals surface area contributed by atoms with Crippen LogP contribution in [-0.2, 0) is 13.0 Å². The summed E-state index contributed by atoms with van der Waals surface area (Å²) >= 11 is 0. The molecule has 2 nitrogen and oxygen atoms in total. The molecule has 0 saturated heterocycles. The van der Waals surface area contributed by atoms with E-state index in [1.165, 1.54) is 0 Å². The Bertz CT molecular complexity index is 519. The molecule has 0 aliphatic heterocycles. The fraction of sp³-hybridized carbons (Fsp3) is 0.333. The molecule has 86 valence electrons. The molecule has 4 heteroatoms. The topological polar surface area (TPSA) is 25.2 Å². The minimum absolute atomic E-state index is 0.0158. The predicted molar refractivity (Wildman–Crippen MR) is 58.3 cm³/mol. The summed E-state index contributed by atoms with van der Waals surface area (Å²) in [7, 11) is 1.78. The summed E-state index contributed by atoms with van der Waals surface area (Å²) in [4.78, 5) is 0. The molecule has 1 heterocycles. The van der Waals surface area contributed by atoms with Gasteiger partial charge in [-0.15, -0.1) is 0 Å². The van der Waals surface area contributed by atoms with Gasteiger partial charge in [0.25, 0.3) is 0 Å². The third-order valence-electron chi connectivity index (χ3n) is 2.63. The van der Waals surface area contributed by atoms with Gasteiger partial charge < -0.3 is 9.73 Å². The Kier molecular flexibility index (Phi) is 2.92. The number of benzene rings is 1. The number of furan rings is 1. The van der Waals surface area contributed by atoms with Crippen LogP contribution in [0.25, 0.3) is 11.0 Å². The second kappa shape index (κ2) is 4.22. The van der Waals surface area contributed by atoms with Crippen LogP contribution in [0.15, 0.2) is 16.5 Å². The van der Waals surface area contributed by atoms with Gasteiger partial charge in [0.2, 0.25) is 5.82 Å². The second-order valence-corrected chi connectivity index (χ2v) is 3.63. The van der Waals surface area contributed by atoms with Gasteiger partial charge in [-0.25, -0.2) is 4.39 Å². The fourth-order valence-corrected chi connectivity index (χ4v) is 1.90. The molecule has 0 amide bonds.